The highest BCUT2D eigenvalue weighted by Gasteiger charge is 2.37. The van der Waals surface area contributed by atoms with Gasteiger partial charge in [0.05, 0.1) is 12.2 Å². The van der Waals surface area contributed by atoms with Crippen LogP contribution in [0.5, 0.6) is 0 Å². The number of hydrogen-bond acceptors (Lipinski definition) is 2. The lowest BCUT2D eigenvalue weighted by Crippen LogP contribution is -2.42. The highest BCUT2D eigenvalue weighted by Crippen LogP contribution is 2.39. The van der Waals surface area contributed by atoms with Crippen molar-refractivity contribution in [1.82, 2.24) is 5.32 Å². The Labute approximate surface area is 121 Å². The predicted octanol–water partition coefficient (Wildman–Crippen LogP) is 4.17. The Morgan fingerprint density at radius 2 is 1.95 bits per heavy atom. The third-order valence-electron chi connectivity index (χ3n) is 3.91. The maximum absolute atomic E-state index is 6.19. The van der Waals surface area contributed by atoms with Crippen molar-refractivity contribution in [3.05, 3.63) is 34.9 Å². The second kappa shape index (κ2) is 7.28. The minimum atomic E-state index is 0.125. The summed E-state index contributed by atoms with van der Waals surface area (Å²) < 4.78 is 6.19. The van der Waals surface area contributed by atoms with Crippen molar-refractivity contribution in [2.24, 2.45) is 0 Å². The normalized spacial score (nSPS) is 17.2. The Bertz CT molecular complexity index is 373. The summed E-state index contributed by atoms with van der Waals surface area (Å²) in [5.41, 5.74) is 1.33. The monoisotopic (exact) mass is 281 g/mol. The van der Waals surface area contributed by atoms with Gasteiger partial charge in [-0.1, -0.05) is 30.7 Å². The lowest BCUT2D eigenvalue weighted by atomic mass is 9.77. The molecule has 19 heavy (non-hydrogen) atoms. The second-order valence-corrected chi connectivity index (χ2v) is 5.89. The van der Waals surface area contributed by atoms with Crippen LogP contribution in [0.4, 0.5) is 0 Å². The molecule has 1 aromatic rings. The van der Waals surface area contributed by atoms with Crippen LogP contribution in [-0.4, -0.2) is 18.7 Å². The lowest BCUT2D eigenvalue weighted by molar-refractivity contribution is -0.113. The molecule has 1 saturated carbocycles. The second-order valence-electron chi connectivity index (χ2n) is 5.45. The third-order valence-corrected chi connectivity index (χ3v) is 4.16. The van der Waals surface area contributed by atoms with E-state index < -0.39 is 0 Å². The third kappa shape index (κ3) is 4.48. The zero-order valence-electron chi connectivity index (χ0n) is 11.8. The number of halogens is 1. The summed E-state index contributed by atoms with van der Waals surface area (Å²) in [5, 5.41) is 4.25. The predicted molar refractivity (Wildman–Crippen MR) is 80.6 cm³/mol. The van der Waals surface area contributed by atoms with Crippen LogP contribution in [0, 0.1) is 0 Å². The van der Waals surface area contributed by atoms with Crippen molar-refractivity contribution < 1.29 is 4.74 Å². The summed E-state index contributed by atoms with van der Waals surface area (Å²) in [5.74, 6) is 0. The number of rotatable bonds is 8. The van der Waals surface area contributed by atoms with E-state index in [1.165, 1.54) is 31.2 Å². The lowest BCUT2D eigenvalue weighted by Gasteiger charge is -2.42. The molecule has 3 heteroatoms. The molecule has 0 unspecified atom stereocenters. The van der Waals surface area contributed by atoms with Gasteiger partial charge in [0.25, 0.3) is 0 Å². The van der Waals surface area contributed by atoms with Gasteiger partial charge < -0.3 is 10.1 Å². The molecule has 0 saturated heterocycles. The molecule has 2 nitrogen and oxygen atoms in total. The SMILES string of the molecule is CCCNCCC1(OCc2ccc(Cl)cc2)CCC1. The topological polar surface area (TPSA) is 21.3 Å². The Balaban J connectivity index is 1.76. The van der Waals surface area contributed by atoms with E-state index >= 15 is 0 Å². The quantitative estimate of drug-likeness (QED) is 0.722. The van der Waals surface area contributed by atoms with Crippen LogP contribution < -0.4 is 5.32 Å². The van der Waals surface area contributed by atoms with Crippen LogP contribution in [-0.2, 0) is 11.3 Å². The van der Waals surface area contributed by atoms with Gasteiger partial charge in [0.1, 0.15) is 0 Å². The van der Waals surface area contributed by atoms with Crippen molar-refractivity contribution in [2.45, 2.75) is 51.2 Å². The molecule has 0 heterocycles. The summed E-state index contributed by atoms with van der Waals surface area (Å²) in [4.78, 5) is 0. The van der Waals surface area contributed by atoms with Crippen LogP contribution in [0.25, 0.3) is 0 Å². The van der Waals surface area contributed by atoms with E-state index in [2.05, 4.69) is 12.2 Å². The molecule has 1 aliphatic carbocycles. The first kappa shape index (κ1) is 14.8. The summed E-state index contributed by atoms with van der Waals surface area (Å²) >= 11 is 5.89. The Kier molecular flexibility index (Phi) is 5.68. The molecule has 0 radical (unpaired) electrons. The number of nitrogens with one attached hydrogen (secondary N) is 1. The van der Waals surface area contributed by atoms with Gasteiger partial charge in [0.2, 0.25) is 0 Å². The van der Waals surface area contributed by atoms with Crippen molar-refractivity contribution >= 4 is 11.6 Å². The molecule has 2 rings (SSSR count). The molecule has 1 fully saturated rings. The van der Waals surface area contributed by atoms with Gasteiger partial charge in [-0.3, -0.25) is 0 Å². The molecular formula is C16H24ClNO. The van der Waals surface area contributed by atoms with Gasteiger partial charge in [-0.25, -0.2) is 0 Å². The minimum Gasteiger partial charge on any atom is -0.370 e. The number of benzene rings is 1. The molecule has 0 aromatic heterocycles. The summed E-state index contributed by atoms with van der Waals surface area (Å²) in [6.07, 6.45) is 6.02. The van der Waals surface area contributed by atoms with Crippen LogP contribution >= 0.6 is 11.6 Å². The average molecular weight is 282 g/mol. The number of ether oxygens (including phenoxy) is 1. The van der Waals surface area contributed by atoms with Crippen LogP contribution in [0.2, 0.25) is 5.02 Å². The van der Waals surface area contributed by atoms with E-state index in [0.717, 1.165) is 24.5 Å². The van der Waals surface area contributed by atoms with Gasteiger partial charge in [-0.2, -0.15) is 0 Å². The summed E-state index contributed by atoms with van der Waals surface area (Å²) in [6.45, 7) is 5.07. The standard InChI is InChI=1S/C16H24ClNO/c1-2-11-18-12-10-16(8-3-9-16)19-13-14-4-6-15(17)7-5-14/h4-7,18H,2-3,8-13H2,1H3. The fraction of sp³-hybridized carbons (Fsp3) is 0.625. The fourth-order valence-corrected chi connectivity index (χ4v) is 2.60. The van der Waals surface area contributed by atoms with Crippen LogP contribution in [0.3, 0.4) is 0 Å². The smallest absolute Gasteiger partial charge is 0.0724 e. The van der Waals surface area contributed by atoms with Gasteiger partial charge in [-0.05, 0) is 62.9 Å². The maximum Gasteiger partial charge on any atom is 0.0724 e. The first-order chi connectivity index (χ1) is 9.24. The zero-order valence-corrected chi connectivity index (χ0v) is 12.5. The van der Waals surface area contributed by atoms with E-state index in [4.69, 9.17) is 16.3 Å². The highest BCUT2D eigenvalue weighted by molar-refractivity contribution is 6.30. The van der Waals surface area contributed by atoms with Gasteiger partial charge in [0.15, 0.2) is 0 Å². The fourth-order valence-electron chi connectivity index (χ4n) is 2.47. The first-order valence-corrected chi connectivity index (χ1v) is 7.71. The van der Waals surface area contributed by atoms with Crippen molar-refractivity contribution in [3.8, 4) is 0 Å². The minimum absolute atomic E-state index is 0.125. The molecule has 0 atom stereocenters. The zero-order chi connectivity index (χ0) is 13.6. The highest BCUT2D eigenvalue weighted by atomic mass is 35.5. The van der Waals surface area contributed by atoms with Gasteiger partial charge >= 0.3 is 0 Å². The number of hydrogen-bond donors (Lipinski definition) is 1. The van der Waals surface area contributed by atoms with E-state index in [-0.39, 0.29) is 5.60 Å². The van der Waals surface area contributed by atoms with Crippen molar-refractivity contribution in [3.63, 3.8) is 0 Å². The van der Waals surface area contributed by atoms with E-state index in [9.17, 15) is 0 Å². The first-order valence-electron chi connectivity index (χ1n) is 7.33. The maximum atomic E-state index is 6.19. The largest absolute Gasteiger partial charge is 0.370 e. The molecular weight excluding hydrogens is 258 g/mol. The molecule has 0 bridgehead atoms. The van der Waals surface area contributed by atoms with E-state index in [1.54, 1.807) is 0 Å². The Morgan fingerprint density at radius 1 is 1.21 bits per heavy atom. The van der Waals surface area contributed by atoms with E-state index in [0.29, 0.717) is 6.61 Å². The van der Waals surface area contributed by atoms with Gasteiger partial charge in [-0.15, -0.1) is 0 Å². The van der Waals surface area contributed by atoms with Crippen molar-refractivity contribution in [1.29, 1.82) is 0 Å². The molecule has 1 aliphatic rings. The van der Waals surface area contributed by atoms with Crippen molar-refractivity contribution in [2.75, 3.05) is 13.1 Å². The molecule has 0 spiro atoms. The Morgan fingerprint density at radius 3 is 2.53 bits per heavy atom. The Hall–Kier alpha value is -0.570. The molecule has 0 amide bonds. The summed E-state index contributed by atoms with van der Waals surface area (Å²) in [7, 11) is 0. The molecule has 0 aliphatic heterocycles. The molecule has 1 aromatic carbocycles. The van der Waals surface area contributed by atoms with Gasteiger partial charge in [0, 0.05) is 5.02 Å². The summed E-state index contributed by atoms with van der Waals surface area (Å²) in [6, 6.07) is 7.95. The molecule has 106 valence electrons. The van der Waals surface area contributed by atoms with Crippen LogP contribution in [0.1, 0.15) is 44.6 Å². The van der Waals surface area contributed by atoms with E-state index in [1.807, 2.05) is 24.3 Å². The molecule has 1 N–H and O–H groups in total. The average Bonchev–Trinajstić information content (AvgIpc) is 2.38. The van der Waals surface area contributed by atoms with Crippen LogP contribution in [0.15, 0.2) is 24.3 Å².